The molecule has 1 aromatic rings. The van der Waals surface area contributed by atoms with Crippen LogP contribution in [-0.4, -0.2) is 33.8 Å². The van der Waals surface area contributed by atoms with Crippen LogP contribution in [0.2, 0.25) is 0 Å². The van der Waals surface area contributed by atoms with E-state index in [1.807, 2.05) is 0 Å². The molecule has 0 saturated heterocycles. The largest absolute Gasteiger partial charge is 0.464 e. The second kappa shape index (κ2) is 6.08. The third kappa shape index (κ3) is 3.25. The molecule has 0 fully saturated rings. The van der Waals surface area contributed by atoms with E-state index in [9.17, 15) is 25.1 Å². The molecule has 0 heterocycles. The van der Waals surface area contributed by atoms with Gasteiger partial charge in [0.1, 0.15) is 6.10 Å². The average Bonchev–Trinajstić information content (AvgIpc) is 2.37. The third-order valence-electron chi connectivity index (χ3n) is 2.27. The molecule has 18 heavy (non-hydrogen) atoms. The van der Waals surface area contributed by atoms with E-state index in [0.29, 0.717) is 0 Å². The van der Waals surface area contributed by atoms with Crippen molar-refractivity contribution >= 4 is 11.7 Å². The first-order chi connectivity index (χ1) is 8.47. The number of benzene rings is 1. The zero-order chi connectivity index (χ0) is 13.7. The first-order valence-corrected chi connectivity index (χ1v) is 5.24. The van der Waals surface area contributed by atoms with Crippen LogP contribution in [0.3, 0.4) is 0 Å². The van der Waals surface area contributed by atoms with Gasteiger partial charge in [0.2, 0.25) is 0 Å². The topological polar surface area (TPSA) is 110 Å². The second-order valence-electron chi connectivity index (χ2n) is 3.49. The van der Waals surface area contributed by atoms with Crippen LogP contribution in [0, 0.1) is 10.1 Å². The minimum atomic E-state index is -1.72. The predicted molar refractivity (Wildman–Crippen MR) is 60.7 cm³/mol. The van der Waals surface area contributed by atoms with Gasteiger partial charge in [0.15, 0.2) is 6.10 Å². The highest BCUT2D eigenvalue weighted by Crippen LogP contribution is 2.20. The Morgan fingerprint density at radius 1 is 1.39 bits per heavy atom. The van der Waals surface area contributed by atoms with Crippen molar-refractivity contribution in [3.8, 4) is 0 Å². The molecule has 0 aliphatic rings. The Bertz CT molecular complexity index is 430. The van der Waals surface area contributed by atoms with Crippen molar-refractivity contribution in [2.75, 3.05) is 6.61 Å². The van der Waals surface area contributed by atoms with E-state index in [4.69, 9.17) is 0 Å². The van der Waals surface area contributed by atoms with Crippen LogP contribution in [-0.2, 0) is 9.53 Å². The molecule has 7 nitrogen and oxygen atoms in total. The molecule has 0 amide bonds. The molecule has 7 heteroatoms. The maximum absolute atomic E-state index is 11.2. The summed E-state index contributed by atoms with van der Waals surface area (Å²) in [6.45, 7) is 1.66. The summed E-state index contributed by atoms with van der Waals surface area (Å²) in [6, 6.07) is 4.89. The summed E-state index contributed by atoms with van der Waals surface area (Å²) in [6.07, 6.45) is -3.20. The van der Waals surface area contributed by atoms with Crippen molar-refractivity contribution in [2.24, 2.45) is 0 Å². The number of rotatable bonds is 5. The molecule has 2 N–H and O–H groups in total. The number of esters is 1. The van der Waals surface area contributed by atoms with Crippen LogP contribution in [0.5, 0.6) is 0 Å². The number of aliphatic hydroxyl groups is 2. The first kappa shape index (κ1) is 14.1. The number of carbonyl (C=O) groups excluding carboxylic acids is 1. The summed E-state index contributed by atoms with van der Waals surface area (Å²) in [5.41, 5.74) is 0.0535. The summed E-state index contributed by atoms with van der Waals surface area (Å²) in [7, 11) is 0. The molecule has 0 radical (unpaired) electrons. The van der Waals surface area contributed by atoms with E-state index in [1.54, 1.807) is 6.92 Å². The Morgan fingerprint density at radius 2 is 1.94 bits per heavy atom. The normalized spacial score (nSPS) is 13.7. The lowest BCUT2D eigenvalue weighted by atomic mass is 10.0. The van der Waals surface area contributed by atoms with E-state index < -0.39 is 23.1 Å². The van der Waals surface area contributed by atoms with Crippen LogP contribution in [0.4, 0.5) is 5.69 Å². The summed E-state index contributed by atoms with van der Waals surface area (Å²) >= 11 is 0. The van der Waals surface area contributed by atoms with E-state index in [0.717, 1.165) is 0 Å². The first-order valence-electron chi connectivity index (χ1n) is 5.24. The maximum atomic E-state index is 11.2. The fourth-order valence-corrected chi connectivity index (χ4v) is 1.33. The lowest BCUT2D eigenvalue weighted by Crippen LogP contribution is -2.29. The minimum absolute atomic E-state index is 0.0862. The third-order valence-corrected chi connectivity index (χ3v) is 2.27. The summed E-state index contributed by atoms with van der Waals surface area (Å²) in [5, 5.41) is 29.6. The van der Waals surface area contributed by atoms with Gasteiger partial charge in [-0.3, -0.25) is 10.1 Å². The van der Waals surface area contributed by atoms with Crippen LogP contribution >= 0.6 is 0 Å². The van der Waals surface area contributed by atoms with Gasteiger partial charge in [0, 0.05) is 12.1 Å². The smallest absolute Gasteiger partial charge is 0.338 e. The van der Waals surface area contributed by atoms with Crippen LogP contribution in [0.25, 0.3) is 0 Å². The zero-order valence-electron chi connectivity index (χ0n) is 9.65. The van der Waals surface area contributed by atoms with Crippen LogP contribution in [0.1, 0.15) is 18.6 Å². The Morgan fingerprint density at radius 3 is 2.39 bits per heavy atom. The van der Waals surface area contributed by atoms with Crippen molar-refractivity contribution in [3.63, 3.8) is 0 Å². The molecule has 2 atom stereocenters. The van der Waals surface area contributed by atoms with Gasteiger partial charge < -0.3 is 14.9 Å². The van der Waals surface area contributed by atoms with Crippen molar-refractivity contribution in [1.82, 2.24) is 0 Å². The standard InChI is InChI=1S/C11H13NO6/c1-2-18-11(15)10(14)9(13)7-3-5-8(6-4-7)12(16)17/h3-6,9-10,13-14H,2H2,1H3/t9-,10+/m0/s1. The fourth-order valence-electron chi connectivity index (χ4n) is 1.33. The number of nitro groups is 1. The zero-order valence-corrected chi connectivity index (χ0v) is 9.65. The summed E-state index contributed by atoms with van der Waals surface area (Å²) in [4.78, 5) is 21.0. The number of carbonyl (C=O) groups is 1. The molecule has 0 spiro atoms. The highest BCUT2D eigenvalue weighted by Gasteiger charge is 2.27. The van der Waals surface area contributed by atoms with Crippen molar-refractivity contribution in [3.05, 3.63) is 39.9 Å². The van der Waals surface area contributed by atoms with Crippen LogP contribution in [0.15, 0.2) is 24.3 Å². The van der Waals surface area contributed by atoms with E-state index in [2.05, 4.69) is 4.74 Å². The number of hydrogen-bond donors (Lipinski definition) is 2. The van der Waals surface area contributed by atoms with E-state index in [1.165, 1.54) is 24.3 Å². The highest BCUT2D eigenvalue weighted by molar-refractivity contribution is 5.75. The monoisotopic (exact) mass is 255 g/mol. The van der Waals surface area contributed by atoms with Gasteiger partial charge in [-0.2, -0.15) is 0 Å². The molecule has 0 bridgehead atoms. The lowest BCUT2D eigenvalue weighted by Gasteiger charge is -2.16. The van der Waals surface area contributed by atoms with Crippen molar-refractivity contribution < 1.29 is 24.7 Å². The minimum Gasteiger partial charge on any atom is -0.464 e. The number of nitro benzene ring substituents is 1. The number of non-ortho nitro benzene ring substituents is 1. The SMILES string of the molecule is CCOC(=O)[C@H](O)[C@@H](O)c1ccc([N+](=O)[O-])cc1. The van der Waals surface area contributed by atoms with E-state index >= 15 is 0 Å². The molecule has 1 rings (SSSR count). The van der Waals surface area contributed by atoms with Gasteiger partial charge in [-0.1, -0.05) is 0 Å². The molecule has 98 valence electrons. The molecular formula is C11H13NO6. The molecule has 0 aliphatic heterocycles. The summed E-state index contributed by atoms with van der Waals surface area (Å²) < 4.78 is 4.55. The Balaban J connectivity index is 2.80. The van der Waals surface area contributed by atoms with Gasteiger partial charge in [0.05, 0.1) is 11.5 Å². The molecular weight excluding hydrogens is 242 g/mol. The summed E-state index contributed by atoms with van der Waals surface area (Å²) in [5.74, 6) is -0.941. The van der Waals surface area contributed by atoms with Crippen LogP contribution < -0.4 is 0 Å². The van der Waals surface area contributed by atoms with Gasteiger partial charge >= 0.3 is 5.97 Å². The number of hydrogen-bond acceptors (Lipinski definition) is 6. The van der Waals surface area contributed by atoms with E-state index in [-0.39, 0.29) is 17.9 Å². The number of nitrogens with zero attached hydrogens (tertiary/aromatic N) is 1. The predicted octanol–water partition coefficient (Wildman–Crippen LogP) is 0.552. The van der Waals surface area contributed by atoms with Crippen molar-refractivity contribution in [2.45, 2.75) is 19.1 Å². The molecule has 0 saturated carbocycles. The van der Waals surface area contributed by atoms with Gasteiger partial charge in [0.25, 0.3) is 5.69 Å². The Hall–Kier alpha value is -1.99. The van der Waals surface area contributed by atoms with Gasteiger partial charge in [-0.15, -0.1) is 0 Å². The quantitative estimate of drug-likeness (QED) is 0.451. The lowest BCUT2D eigenvalue weighted by molar-refractivity contribution is -0.384. The maximum Gasteiger partial charge on any atom is 0.338 e. The van der Waals surface area contributed by atoms with Gasteiger partial charge in [-0.05, 0) is 24.6 Å². The second-order valence-corrected chi connectivity index (χ2v) is 3.49. The average molecular weight is 255 g/mol. The molecule has 0 aromatic heterocycles. The molecule has 0 aliphatic carbocycles. The number of ether oxygens (including phenoxy) is 1. The Labute approximate surface area is 103 Å². The van der Waals surface area contributed by atoms with Gasteiger partial charge in [-0.25, -0.2) is 4.79 Å². The highest BCUT2D eigenvalue weighted by atomic mass is 16.6. The number of aliphatic hydroxyl groups excluding tert-OH is 2. The molecule has 0 unspecified atom stereocenters. The molecule has 1 aromatic carbocycles. The fraction of sp³-hybridized carbons (Fsp3) is 0.364. The Kier molecular flexibility index (Phi) is 4.75. The van der Waals surface area contributed by atoms with Crippen molar-refractivity contribution in [1.29, 1.82) is 0 Å².